The minimum atomic E-state index is -1.77. The highest BCUT2D eigenvalue weighted by molar-refractivity contribution is 6.74. The number of β-amino-alcohol motifs (C(OH)–C–C–N with tert-alkyl or cyclic N) is 1. The number of aliphatic hydroxyl groups excluding tert-OH is 1. The van der Waals surface area contributed by atoms with Crippen molar-refractivity contribution in [2.45, 2.75) is 51.6 Å². The molecular formula is C20H36N2O2Si. The number of rotatable bonds is 7. The third kappa shape index (κ3) is 6.50. The van der Waals surface area contributed by atoms with E-state index in [-0.39, 0.29) is 5.04 Å². The van der Waals surface area contributed by atoms with Crippen LogP contribution in [-0.2, 0) is 11.0 Å². The number of hydrogen-bond donors (Lipinski definition) is 1. The van der Waals surface area contributed by atoms with Gasteiger partial charge in [0.2, 0.25) is 0 Å². The van der Waals surface area contributed by atoms with E-state index < -0.39 is 14.4 Å². The summed E-state index contributed by atoms with van der Waals surface area (Å²) >= 11 is 0. The molecule has 1 atom stereocenters. The van der Waals surface area contributed by atoms with Gasteiger partial charge in [0.15, 0.2) is 8.32 Å². The van der Waals surface area contributed by atoms with Crippen LogP contribution < -0.4 is 0 Å². The Bertz CT molecular complexity index is 508. The molecule has 5 heteroatoms. The Kier molecular flexibility index (Phi) is 7.23. The number of nitrogens with zero attached hydrogens (tertiary/aromatic N) is 2. The first-order chi connectivity index (χ1) is 11.7. The zero-order valence-corrected chi connectivity index (χ0v) is 17.7. The predicted molar refractivity (Wildman–Crippen MR) is 107 cm³/mol. The highest BCUT2D eigenvalue weighted by Crippen LogP contribution is 2.36. The van der Waals surface area contributed by atoms with E-state index in [0.717, 1.165) is 32.7 Å². The van der Waals surface area contributed by atoms with Crippen molar-refractivity contribution < 1.29 is 9.53 Å². The molecule has 1 aliphatic heterocycles. The molecule has 1 heterocycles. The molecule has 0 aromatic heterocycles. The molecule has 0 spiro atoms. The third-order valence-electron chi connectivity index (χ3n) is 5.63. The number of benzene rings is 1. The van der Waals surface area contributed by atoms with Gasteiger partial charge in [0.25, 0.3) is 0 Å². The Morgan fingerprint density at radius 3 is 2.16 bits per heavy atom. The number of piperazine rings is 1. The van der Waals surface area contributed by atoms with E-state index >= 15 is 0 Å². The Morgan fingerprint density at radius 1 is 1.04 bits per heavy atom. The van der Waals surface area contributed by atoms with E-state index in [1.54, 1.807) is 0 Å². The van der Waals surface area contributed by atoms with Crippen LogP contribution >= 0.6 is 0 Å². The average Bonchev–Trinajstić information content (AvgIpc) is 2.55. The minimum Gasteiger partial charge on any atom is -0.414 e. The van der Waals surface area contributed by atoms with Crippen molar-refractivity contribution in [3.8, 4) is 0 Å². The van der Waals surface area contributed by atoms with Crippen LogP contribution in [0.1, 0.15) is 26.3 Å². The summed E-state index contributed by atoms with van der Waals surface area (Å²) in [4.78, 5) is 4.85. The first kappa shape index (κ1) is 20.6. The minimum absolute atomic E-state index is 0.190. The largest absolute Gasteiger partial charge is 0.414 e. The molecule has 1 saturated heterocycles. The van der Waals surface area contributed by atoms with Gasteiger partial charge >= 0.3 is 0 Å². The summed E-state index contributed by atoms with van der Waals surface area (Å²) in [5, 5.41) is 10.6. The molecule has 1 aromatic rings. The standard InChI is InChI=1S/C20H36N2O2Si/c1-20(2,3)25(4,5)24-17-19(23)16-22-13-11-21(12-14-22)15-18-9-7-6-8-10-18/h6-10,19,23H,11-17H2,1-5H3/t19-/m1/s1. The Labute approximate surface area is 154 Å². The molecule has 0 aliphatic carbocycles. The van der Waals surface area contributed by atoms with Crippen LogP contribution in [0.15, 0.2) is 30.3 Å². The summed E-state index contributed by atoms with van der Waals surface area (Å²) in [5.41, 5.74) is 1.37. The van der Waals surface area contributed by atoms with Crippen LogP contribution in [0.2, 0.25) is 18.1 Å². The van der Waals surface area contributed by atoms with Gasteiger partial charge in [0, 0.05) is 39.3 Å². The quantitative estimate of drug-likeness (QED) is 0.754. The molecule has 1 fully saturated rings. The van der Waals surface area contributed by atoms with Gasteiger partial charge in [0.05, 0.1) is 12.7 Å². The van der Waals surface area contributed by atoms with Crippen molar-refractivity contribution in [3.05, 3.63) is 35.9 Å². The molecule has 142 valence electrons. The smallest absolute Gasteiger partial charge is 0.192 e. The SMILES string of the molecule is CC(C)(C)[Si](C)(C)OC[C@H](O)CN1CCN(Cc2ccccc2)CC1. The first-order valence-electron chi connectivity index (χ1n) is 9.48. The fraction of sp³-hybridized carbons (Fsp3) is 0.700. The predicted octanol–water partition coefficient (Wildman–Crippen LogP) is 3.19. The number of hydrogen-bond acceptors (Lipinski definition) is 4. The summed E-state index contributed by atoms with van der Waals surface area (Å²) in [7, 11) is -1.77. The molecule has 1 N–H and O–H groups in total. The van der Waals surface area contributed by atoms with Crippen molar-refractivity contribution in [3.63, 3.8) is 0 Å². The molecule has 1 aromatic carbocycles. The monoisotopic (exact) mass is 364 g/mol. The topological polar surface area (TPSA) is 35.9 Å². The van der Waals surface area contributed by atoms with Gasteiger partial charge in [-0.2, -0.15) is 0 Å². The lowest BCUT2D eigenvalue weighted by Crippen LogP contribution is -2.49. The van der Waals surface area contributed by atoms with E-state index in [1.165, 1.54) is 5.56 Å². The second kappa shape index (κ2) is 8.78. The van der Waals surface area contributed by atoms with Crippen LogP contribution in [0.5, 0.6) is 0 Å². The zero-order valence-electron chi connectivity index (χ0n) is 16.7. The van der Waals surface area contributed by atoms with E-state index in [2.05, 4.69) is 74.0 Å². The highest BCUT2D eigenvalue weighted by Gasteiger charge is 2.37. The molecular weight excluding hydrogens is 328 g/mol. The Hall–Kier alpha value is -0.723. The number of aliphatic hydroxyl groups is 1. The lowest BCUT2D eigenvalue weighted by molar-refractivity contribution is 0.0412. The van der Waals surface area contributed by atoms with Gasteiger partial charge in [-0.15, -0.1) is 0 Å². The molecule has 4 nitrogen and oxygen atoms in total. The molecule has 2 rings (SSSR count). The van der Waals surface area contributed by atoms with Crippen molar-refractivity contribution in [1.82, 2.24) is 9.80 Å². The maximum atomic E-state index is 10.4. The van der Waals surface area contributed by atoms with Crippen LogP contribution in [0.3, 0.4) is 0 Å². The fourth-order valence-corrected chi connectivity index (χ4v) is 3.89. The van der Waals surface area contributed by atoms with E-state index in [9.17, 15) is 5.11 Å². The van der Waals surface area contributed by atoms with Crippen LogP contribution in [0, 0.1) is 0 Å². The lowest BCUT2D eigenvalue weighted by Gasteiger charge is -2.38. The molecule has 0 bridgehead atoms. The molecule has 0 unspecified atom stereocenters. The zero-order chi connectivity index (χ0) is 18.5. The molecule has 0 amide bonds. The van der Waals surface area contributed by atoms with Crippen molar-refractivity contribution in [1.29, 1.82) is 0 Å². The van der Waals surface area contributed by atoms with E-state index in [1.807, 2.05) is 0 Å². The Balaban J connectivity index is 1.69. The summed E-state index contributed by atoms with van der Waals surface area (Å²) < 4.78 is 6.15. The van der Waals surface area contributed by atoms with Crippen molar-refractivity contribution >= 4 is 8.32 Å². The molecule has 1 aliphatic rings. The second-order valence-corrected chi connectivity index (χ2v) is 13.6. The van der Waals surface area contributed by atoms with Gasteiger partial charge in [-0.05, 0) is 23.7 Å². The second-order valence-electron chi connectivity index (χ2n) is 8.79. The van der Waals surface area contributed by atoms with Gasteiger partial charge in [0.1, 0.15) is 0 Å². The molecule has 0 saturated carbocycles. The van der Waals surface area contributed by atoms with Crippen molar-refractivity contribution in [2.24, 2.45) is 0 Å². The normalized spacial score (nSPS) is 19.1. The Morgan fingerprint density at radius 2 is 1.60 bits per heavy atom. The fourth-order valence-electron chi connectivity index (χ4n) is 2.84. The maximum absolute atomic E-state index is 10.4. The van der Waals surface area contributed by atoms with Crippen LogP contribution in [0.4, 0.5) is 0 Å². The van der Waals surface area contributed by atoms with Crippen molar-refractivity contribution in [2.75, 3.05) is 39.3 Å². The summed E-state index contributed by atoms with van der Waals surface area (Å²) in [6.45, 7) is 17.5. The van der Waals surface area contributed by atoms with Gasteiger partial charge < -0.3 is 9.53 Å². The maximum Gasteiger partial charge on any atom is 0.192 e. The summed E-state index contributed by atoms with van der Waals surface area (Å²) in [6.07, 6.45) is -0.394. The third-order valence-corrected chi connectivity index (χ3v) is 10.1. The average molecular weight is 365 g/mol. The van der Waals surface area contributed by atoms with Crippen LogP contribution in [0.25, 0.3) is 0 Å². The van der Waals surface area contributed by atoms with E-state index in [0.29, 0.717) is 13.2 Å². The first-order valence-corrected chi connectivity index (χ1v) is 12.4. The van der Waals surface area contributed by atoms with Gasteiger partial charge in [-0.3, -0.25) is 9.80 Å². The van der Waals surface area contributed by atoms with Gasteiger partial charge in [-0.1, -0.05) is 51.1 Å². The highest BCUT2D eigenvalue weighted by atomic mass is 28.4. The van der Waals surface area contributed by atoms with Crippen LogP contribution in [-0.4, -0.2) is 68.7 Å². The summed E-state index contributed by atoms with van der Waals surface area (Å²) in [6, 6.07) is 10.6. The molecule has 0 radical (unpaired) electrons. The lowest BCUT2D eigenvalue weighted by atomic mass is 10.2. The molecule has 25 heavy (non-hydrogen) atoms. The van der Waals surface area contributed by atoms with Gasteiger partial charge in [-0.25, -0.2) is 0 Å². The summed E-state index contributed by atoms with van der Waals surface area (Å²) in [5.74, 6) is 0. The van der Waals surface area contributed by atoms with E-state index in [4.69, 9.17) is 4.43 Å².